The van der Waals surface area contributed by atoms with E-state index in [0.29, 0.717) is 0 Å². The average Bonchev–Trinajstić information content (AvgIpc) is 1.62. The van der Waals surface area contributed by atoms with E-state index in [1.165, 1.54) is 6.92 Å². The molecular weight excluding hydrogens is 142 g/mol. The van der Waals surface area contributed by atoms with Gasteiger partial charge < -0.3 is 5.21 Å². The van der Waals surface area contributed by atoms with Gasteiger partial charge in [-0.05, 0) is 6.92 Å². The topological polar surface area (TPSA) is 66.7 Å². The first-order valence-electron chi connectivity index (χ1n) is 2.31. The summed E-state index contributed by atoms with van der Waals surface area (Å²) in [7, 11) is -3.03. The molecule has 0 saturated carbocycles. The fourth-order valence-electron chi connectivity index (χ4n) is 0.408. The molecular formula is C4H9NO3S. The van der Waals surface area contributed by atoms with E-state index in [1.54, 1.807) is 0 Å². The summed E-state index contributed by atoms with van der Waals surface area (Å²) in [5, 5.41) is 10.7. The maximum Gasteiger partial charge on any atom is 0.152 e. The summed E-state index contributed by atoms with van der Waals surface area (Å²) in [6.07, 6.45) is 1.08. The third-order valence-corrected chi connectivity index (χ3v) is 1.58. The Morgan fingerprint density at radius 1 is 1.67 bits per heavy atom. The molecule has 0 radical (unpaired) electrons. The lowest BCUT2D eigenvalue weighted by Gasteiger charge is -1.92. The van der Waals surface area contributed by atoms with E-state index in [4.69, 9.17) is 5.21 Å². The van der Waals surface area contributed by atoms with Gasteiger partial charge in [0.2, 0.25) is 0 Å². The molecule has 0 fully saturated rings. The molecule has 0 aliphatic rings. The number of oxime groups is 1. The van der Waals surface area contributed by atoms with E-state index >= 15 is 0 Å². The Morgan fingerprint density at radius 3 is 2.22 bits per heavy atom. The van der Waals surface area contributed by atoms with Crippen molar-refractivity contribution in [3.05, 3.63) is 0 Å². The Balaban J connectivity index is 4.07. The van der Waals surface area contributed by atoms with Crippen molar-refractivity contribution in [2.75, 3.05) is 12.0 Å². The zero-order chi connectivity index (χ0) is 7.49. The van der Waals surface area contributed by atoms with Gasteiger partial charge in [0.1, 0.15) is 0 Å². The average molecular weight is 151 g/mol. The minimum Gasteiger partial charge on any atom is -0.411 e. The molecule has 0 aliphatic carbocycles. The molecule has 0 bridgehead atoms. The van der Waals surface area contributed by atoms with Crippen molar-refractivity contribution in [1.82, 2.24) is 0 Å². The monoisotopic (exact) mass is 151 g/mol. The Labute approximate surface area is 54.1 Å². The molecule has 54 valence electrons. The highest BCUT2D eigenvalue weighted by Gasteiger charge is 2.03. The number of hydrogen-bond acceptors (Lipinski definition) is 4. The first-order chi connectivity index (χ1) is 3.95. The van der Waals surface area contributed by atoms with Gasteiger partial charge in [-0.2, -0.15) is 0 Å². The number of sulfone groups is 1. The molecule has 5 heteroatoms. The molecule has 0 atom stereocenters. The molecule has 0 aliphatic heterocycles. The van der Waals surface area contributed by atoms with E-state index in [-0.39, 0.29) is 11.5 Å². The highest BCUT2D eigenvalue weighted by molar-refractivity contribution is 7.91. The van der Waals surface area contributed by atoms with Gasteiger partial charge in [-0.3, -0.25) is 0 Å². The maximum absolute atomic E-state index is 10.4. The van der Waals surface area contributed by atoms with E-state index in [0.717, 1.165) is 6.26 Å². The Bertz CT molecular complexity index is 204. The highest BCUT2D eigenvalue weighted by atomic mass is 32.2. The van der Waals surface area contributed by atoms with Crippen LogP contribution < -0.4 is 0 Å². The van der Waals surface area contributed by atoms with Crippen molar-refractivity contribution in [2.24, 2.45) is 5.16 Å². The second-order valence-electron chi connectivity index (χ2n) is 1.91. The van der Waals surface area contributed by atoms with Gasteiger partial charge in [0.25, 0.3) is 0 Å². The predicted molar refractivity (Wildman–Crippen MR) is 34.6 cm³/mol. The third kappa shape index (κ3) is 5.29. The number of hydrogen-bond donors (Lipinski definition) is 1. The molecule has 0 heterocycles. The molecule has 4 nitrogen and oxygen atoms in total. The Hall–Kier alpha value is -0.580. The smallest absolute Gasteiger partial charge is 0.152 e. The summed E-state index contributed by atoms with van der Waals surface area (Å²) in [5.41, 5.74) is 0.206. The largest absolute Gasteiger partial charge is 0.411 e. The summed E-state index contributed by atoms with van der Waals surface area (Å²) in [6.45, 7) is 1.45. The van der Waals surface area contributed by atoms with E-state index in [2.05, 4.69) is 5.16 Å². The van der Waals surface area contributed by atoms with Crippen LogP contribution in [0.2, 0.25) is 0 Å². The summed E-state index contributed by atoms with van der Waals surface area (Å²) in [5.74, 6) is -0.177. The van der Waals surface area contributed by atoms with Crippen LogP contribution in [0.4, 0.5) is 0 Å². The molecule has 0 aromatic heterocycles. The summed E-state index contributed by atoms with van der Waals surface area (Å²) in [4.78, 5) is 0. The van der Waals surface area contributed by atoms with Crippen molar-refractivity contribution >= 4 is 15.5 Å². The van der Waals surface area contributed by atoms with Gasteiger partial charge in [0, 0.05) is 6.26 Å². The van der Waals surface area contributed by atoms with Crippen molar-refractivity contribution in [3.63, 3.8) is 0 Å². The van der Waals surface area contributed by atoms with Gasteiger partial charge >= 0.3 is 0 Å². The molecule has 9 heavy (non-hydrogen) atoms. The van der Waals surface area contributed by atoms with Crippen LogP contribution in [0, 0.1) is 0 Å². The molecule has 1 N–H and O–H groups in total. The van der Waals surface area contributed by atoms with Crippen LogP contribution in [-0.4, -0.2) is 31.3 Å². The van der Waals surface area contributed by atoms with Crippen molar-refractivity contribution in [2.45, 2.75) is 6.92 Å². The summed E-state index contributed by atoms with van der Waals surface area (Å²) < 4.78 is 20.8. The maximum atomic E-state index is 10.4. The molecule has 0 saturated heterocycles. The van der Waals surface area contributed by atoms with Crippen molar-refractivity contribution in [3.8, 4) is 0 Å². The van der Waals surface area contributed by atoms with Crippen molar-refractivity contribution in [1.29, 1.82) is 0 Å². The molecule has 0 spiro atoms. The first kappa shape index (κ1) is 8.42. The SMILES string of the molecule is C/C(CS(C)(=O)=O)=N\O. The second kappa shape index (κ2) is 2.82. The molecule has 0 aromatic rings. The normalized spacial score (nSPS) is 13.8. The lowest BCUT2D eigenvalue weighted by atomic mass is 10.5. The van der Waals surface area contributed by atoms with Gasteiger partial charge in [0.15, 0.2) is 9.84 Å². The van der Waals surface area contributed by atoms with Crippen LogP contribution in [-0.2, 0) is 9.84 Å². The minimum atomic E-state index is -3.03. The van der Waals surface area contributed by atoms with Gasteiger partial charge in [-0.15, -0.1) is 0 Å². The second-order valence-corrected chi connectivity index (χ2v) is 4.05. The Morgan fingerprint density at radius 2 is 2.11 bits per heavy atom. The molecule has 0 rings (SSSR count). The highest BCUT2D eigenvalue weighted by Crippen LogP contribution is 1.84. The lowest BCUT2D eigenvalue weighted by molar-refractivity contribution is 0.318. The summed E-state index contributed by atoms with van der Waals surface area (Å²) >= 11 is 0. The van der Waals surface area contributed by atoms with Gasteiger partial charge in [-0.25, -0.2) is 8.42 Å². The van der Waals surface area contributed by atoms with E-state index < -0.39 is 9.84 Å². The predicted octanol–water partition coefficient (Wildman–Crippen LogP) is -0.119. The van der Waals surface area contributed by atoms with Gasteiger partial charge in [-0.1, -0.05) is 5.16 Å². The lowest BCUT2D eigenvalue weighted by Crippen LogP contribution is -2.10. The van der Waals surface area contributed by atoms with Crippen LogP contribution >= 0.6 is 0 Å². The zero-order valence-corrected chi connectivity index (χ0v) is 6.14. The van der Waals surface area contributed by atoms with Crippen LogP contribution in [0.15, 0.2) is 5.16 Å². The molecule has 0 aromatic carbocycles. The minimum absolute atomic E-state index is 0.177. The van der Waals surface area contributed by atoms with E-state index in [1.807, 2.05) is 0 Å². The van der Waals surface area contributed by atoms with Crippen LogP contribution in [0.1, 0.15) is 6.92 Å². The van der Waals surface area contributed by atoms with Crippen LogP contribution in [0.3, 0.4) is 0 Å². The summed E-state index contributed by atoms with van der Waals surface area (Å²) in [6, 6.07) is 0. The van der Waals surface area contributed by atoms with Crippen LogP contribution in [0.25, 0.3) is 0 Å². The van der Waals surface area contributed by atoms with Crippen molar-refractivity contribution < 1.29 is 13.6 Å². The number of rotatable bonds is 2. The van der Waals surface area contributed by atoms with Gasteiger partial charge in [0.05, 0.1) is 11.5 Å². The zero-order valence-electron chi connectivity index (χ0n) is 5.33. The quantitative estimate of drug-likeness (QED) is 0.340. The molecule has 0 unspecified atom stereocenters. The standard InChI is InChI=1S/C4H9NO3S/c1-4(5-6)3-9(2,7)8/h6H,3H2,1-2H3/b5-4+. The number of nitrogens with zero attached hydrogens (tertiary/aromatic N) is 1. The van der Waals surface area contributed by atoms with Crippen LogP contribution in [0.5, 0.6) is 0 Å². The fraction of sp³-hybridized carbons (Fsp3) is 0.750. The Kier molecular flexibility index (Phi) is 2.64. The first-order valence-corrected chi connectivity index (χ1v) is 4.37. The fourth-order valence-corrected chi connectivity index (χ4v) is 1.22. The third-order valence-electron chi connectivity index (χ3n) is 0.642. The molecule has 0 amide bonds. The van der Waals surface area contributed by atoms with E-state index in [9.17, 15) is 8.42 Å².